The maximum Gasteiger partial charge on any atom is 0.338 e. The van der Waals surface area contributed by atoms with Crippen molar-refractivity contribution in [3.05, 3.63) is 64.2 Å². The Morgan fingerprint density at radius 3 is 2.27 bits per heavy atom. The number of hydrogen-bond donors (Lipinski definition) is 1. The molecule has 136 valence electrons. The molecule has 0 atom stereocenters. The number of carbonyl (C=O) groups is 2. The highest BCUT2D eigenvalue weighted by atomic mass is 32.2. The van der Waals surface area contributed by atoms with Crippen molar-refractivity contribution in [3.8, 4) is 0 Å². The molecule has 0 aliphatic rings. The maximum absolute atomic E-state index is 12.2. The number of carbonyl (C=O) groups excluding carboxylic acids is 2. The fourth-order valence-corrected chi connectivity index (χ4v) is 2.35. The molecule has 0 aromatic heterocycles. The summed E-state index contributed by atoms with van der Waals surface area (Å²) in [5, 5.41) is 13.0. The van der Waals surface area contributed by atoms with Crippen LogP contribution < -0.4 is 5.32 Å². The lowest BCUT2D eigenvalue weighted by Crippen LogP contribution is -2.20. The van der Waals surface area contributed by atoms with Gasteiger partial charge in [-0.2, -0.15) is 8.78 Å². The number of amides is 1. The summed E-state index contributed by atoms with van der Waals surface area (Å²) in [7, 11) is 0. The number of anilines is 1. The number of nitro groups is 1. The Labute approximate surface area is 150 Å². The molecule has 0 aliphatic carbocycles. The first-order chi connectivity index (χ1) is 12.3. The van der Waals surface area contributed by atoms with Crippen molar-refractivity contribution in [1.29, 1.82) is 0 Å². The van der Waals surface area contributed by atoms with Gasteiger partial charge in [-0.05, 0) is 36.4 Å². The molecule has 2 aromatic rings. The number of nitrogens with one attached hydrogen (secondary N) is 1. The van der Waals surface area contributed by atoms with E-state index in [2.05, 4.69) is 5.32 Å². The average molecular weight is 382 g/mol. The zero-order chi connectivity index (χ0) is 19.1. The monoisotopic (exact) mass is 382 g/mol. The Morgan fingerprint density at radius 1 is 1.12 bits per heavy atom. The van der Waals surface area contributed by atoms with Crippen LogP contribution in [0.5, 0.6) is 0 Å². The van der Waals surface area contributed by atoms with Crippen LogP contribution in [0.2, 0.25) is 0 Å². The molecule has 10 heteroatoms. The number of nitro benzene ring substituents is 1. The van der Waals surface area contributed by atoms with Crippen LogP contribution in [0.25, 0.3) is 0 Å². The smallest absolute Gasteiger partial charge is 0.338 e. The summed E-state index contributed by atoms with van der Waals surface area (Å²) in [5.74, 6) is -3.96. The lowest BCUT2D eigenvalue weighted by atomic mass is 10.2. The van der Waals surface area contributed by atoms with Gasteiger partial charge in [-0.25, -0.2) is 4.79 Å². The number of halogens is 2. The topological polar surface area (TPSA) is 98.5 Å². The van der Waals surface area contributed by atoms with E-state index in [9.17, 15) is 28.5 Å². The van der Waals surface area contributed by atoms with E-state index in [-0.39, 0.29) is 11.3 Å². The predicted octanol–water partition coefficient (Wildman–Crippen LogP) is 3.71. The SMILES string of the molecule is O=C(COC(=O)c1ccc([N+](=O)[O-])cc1)Nc1ccc(SC(F)F)cc1. The number of ether oxygens (including phenoxy) is 1. The normalized spacial score (nSPS) is 10.4. The fraction of sp³-hybridized carbons (Fsp3) is 0.125. The first-order valence-corrected chi connectivity index (χ1v) is 7.99. The third-order valence-electron chi connectivity index (χ3n) is 3.01. The minimum atomic E-state index is -2.53. The van der Waals surface area contributed by atoms with Gasteiger partial charge in [-0.3, -0.25) is 14.9 Å². The summed E-state index contributed by atoms with van der Waals surface area (Å²) in [6, 6.07) is 10.5. The van der Waals surface area contributed by atoms with Crippen LogP contribution in [0, 0.1) is 10.1 Å². The predicted molar refractivity (Wildman–Crippen MR) is 90.3 cm³/mol. The van der Waals surface area contributed by atoms with E-state index in [0.717, 1.165) is 12.1 Å². The highest BCUT2D eigenvalue weighted by Gasteiger charge is 2.13. The molecule has 0 fully saturated rings. The number of non-ortho nitro benzene ring substituents is 1. The molecule has 1 amide bonds. The Balaban J connectivity index is 1.84. The van der Waals surface area contributed by atoms with Crippen molar-refractivity contribution in [1.82, 2.24) is 0 Å². The first kappa shape index (κ1) is 19.3. The molecule has 0 spiro atoms. The molecule has 0 bridgehead atoms. The minimum absolute atomic E-state index is 0.0665. The van der Waals surface area contributed by atoms with Crippen molar-refractivity contribution in [3.63, 3.8) is 0 Å². The van der Waals surface area contributed by atoms with Gasteiger partial charge in [0.15, 0.2) is 6.61 Å². The van der Waals surface area contributed by atoms with Crippen molar-refractivity contribution < 1.29 is 28.0 Å². The van der Waals surface area contributed by atoms with E-state index in [1.165, 1.54) is 36.4 Å². The molecule has 26 heavy (non-hydrogen) atoms. The highest BCUT2D eigenvalue weighted by molar-refractivity contribution is 7.99. The second kappa shape index (κ2) is 8.90. The van der Waals surface area contributed by atoms with E-state index in [1.807, 2.05) is 0 Å². The van der Waals surface area contributed by atoms with E-state index >= 15 is 0 Å². The average Bonchev–Trinajstić information content (AvgIpc) is 2.61. The van der Waals surface area contributed by atoms with Gasteiger partial charge in [-0.15, -0.1) is 0 Å². The molecule has 0 saturated heterocycles. The van der Waals surface area contributed by atoms with Crippen LogP contribution in [-0.2, 0) is 9.53 Å². The van der Waals surface area contributed by atoms with Crippen LogP contribution in [0.1, 0.15) is 10.4 Å². The molecule has 0 saturated carbocycles. The number of benzene rings is 2. The van der Waals surface area contributed by atoms with Gasteiger partial charge < -0.3 is 10.1 Å². The molecule has 0 heterocycles. The highest BCUT2D eigenvalue weighted by Crippen LogP contribution is 2.26. The van der Waals surface area contributed by atoms with Crippen molar-refractivity contribution in [2.24, 2.45) is 0 Å². The summed E-state index contributed by atoms with van der Waals surface area (Å²) in [6.07, 6.45) is 0. The van der Waals surface area contributed by atoms with Crippen molar-refractivity contribution >= 4 is 35.0 Å². The number of thioether (sulfide) groups is 1. The minimum Gasteiger partial charge on any atom is -0.452 e. The van der Waals surface area contributed by atoms with E-state index in [0.29, 0.717) is 22.3 Å². The quantitative estimate of drug-likeness (QED) is 0.339. The molecule has 0 radical (unpaired) electrons. The van der Waals surface area contributed by atoms with Crippen LogP contribution in [0.3, 0.4) is 0 Å². The molecule has 0 aliphatic heterocycles. The van der Waals surface area contributed by atoms with Gasteiger partial charge in [0.25, 0.3) is 17.4 Å². The van der Waals surface area contributed by atoms with Gasteiger partial charge in [0, 0.05) is 22.7 Å². The van der Waals surface area contributed by atoms with Gasteiger partial charge in [0.1, 0.15) is 0 Å². The first-order valence-electron chi connectivity index (χ1n) is 7.11. The van der Waals surface area contributed by atoms with Crippen LogP contribution >= 0.6 is 11.8 Å². The molecule has 1 N–H and O–H groups in total. The number of alkyl halides is 2. The molecular weight excluding hydrogens is 370 g/mol. The second-order valence-electron chi connectivity index (χ2n) is 4.83. The van der Waals surface area contributed by atoms with Gasteiger partial charge in [0.2, 0.25) is 0 Å². The standard InChI is InChI=1S/C16H12F2N2O5S/c17-16(18)26-13-7-3-11(4-8-13)19-14(21)9-25-15(22)10-1-5-12(6-2-10)20(23)24/h1-8,16H,9H2,(H,19,21). The number of hydrogen-bond acceptors (Lipinski definition) is 6. The van der Waals surface area contributed by atoms with Gasteiger partial charge >= 0.3 is 5.97 Å². The molecule has 2 rings (SSSR count). The Bertz CT molecular complexity index is 797. The molecule has 2 aromatic carbocycles. The summed E-state index contributed by atoms with van der Waals surface area (Å²) in [6.45, 7) is -0.566. The zero-order valence-electron chi connectivity index (χ0n) is 13.1. The second-order valence-corrected chi connectivity index (χ2v) is 5.89. The van der Waals surface area contributed by atoms with E-state index in [4.69, 9.17) is 4.74 Å². The Hall–Kier alpha value is -3.01. The fourth-order valence-electron chi connectivity index (χ4n) is 1.85. The Morgan fingerprint density at radius 2 is 1.73 bits per heavy atom. The molecule has 0 unspecified atom stereocenters. The van der Waals surface area contributed by atoms with Crippen LogP contribution in [0.4, 0.5) is 20.2 Å². The van der Waals surface area contributed by atoms with E-state index < -0.39 is 29.2 Å². The van der Waals surface area contributed by atoms with Gasteiger partial charge in [-0.1, -0.05) is 11.8 Å². The molecule has 7 nitrogen and oxygen atoms in total. The summed E-state index contributed by atoms with van der Waals surface area (Å²) in [5.41, 5.74) is 0.254. The molecular formula is C16H12F2N2O5S. The number of rotatable bonds is 7. The number of nitrogens with zero attached hydrogens (tertiary/aromatic N) is 1. The summed E-state index contributed by atoms with van der Waals surface area (Å²) >= 11 is 0.383. The maximum atomic E-state index is 12.2. The lowest BCUT2D eigenvalue weighted by Gasteiger charge is -2.07. The lowest BCUT2D eigenvalue weighted by molar-refractivity contribution is -0.384. The zero-order valence-corrected chi connectivity index (χ0v) is 13.9. The summed E-state index contributed by atoms with van der Waals surface area (Å²) in [4.78, 5) is 33.8. The third-order valence-corrected chi connectivity index (χ3v) is 3.73. The van der Waals surface area contributed by atoms with Crippen LogP contribution in [0.15, 0.2) is 53.4 Å². The van der Waals surface area contributed by atoms with E-state index in [1.54, 1.807) is 0 Å². The van der Waals surface area contributed by atoms with Gasteiger partial charge in [0.05, 0.1) is 10.5 Å². The largest absolute Gasteiger partial charge is 0.452 e. The third kappa shape index (κ3) is 5.81. The van der Waals surface area contributed by atoms with Crippen LogP contribution in [-0.4, -0.2) is 29.2 Å². The van der Waals surface area contributed by atoms with Crippen molar-refractivity contribution in [2.45, 2.75) is 10.7 Å². The van der Waals surface area contributed by atoms with Crippen molar-refractivity contribution in [2.75, 3.05) is 11.9 Å². The number of esters is 1. The Kier molecular flexibility index (Phi) is 6.61. The summed E-state index contributed by atoms with van der Waals surface area (Å²) < 4.78 is 29.3.